The van der Waals surface area contributed by atoms with Crippen molar-refractivity contribution in [2.24, 2.45) is 7.05 Å². The zero-order valence-electron chi connectivity index (χ0n) is 18.2. The molecule has 1 aromatic carbocycles. The highest BCUT2D eigenvalue weighted by atomic mass is 16.2. The predicted molar refractivity (Wildman–Crippen MR) is 116 cm³/mol. The second-order valence-electron chi connectivity index (χ2n) is 8.38. The number of nitrogens with one attached hydrogen (secondary N) is 1. The van der Waals surface area contributed by atoms with Crippen LogP contribution in [0.4, 0.5) is 5.69 Å². The Kier molecular flexibility index (Phi) is 4.28. The Morgan fingerprint density at radius 3 is 2.74 bits per heavy atom. The van der Waals surface area contributed by atoms with E-state index in [4.69, 9.17) is 0 Å². The molecular weight excluding hydrogens is 392 g/mol. The largest absolute Gasteiger partial charge is 0.336 e. The first-order chi connectivity index (χ1) is 14.9. The number of aromatic nitrogens is 4. The summed E-state index contributed by atoms with van der Waals surface area (Å²) in [6.07, 6.45) is 4.11. The van der Waals surface area contributed by atoms with Crippen molar-refractivity contribution >= 4 is 17.5 Å². The van der Waals surface area contributed by atoms with Crippen LogP contribution in [0.5, 0.6) is 0 Å². The van der Waals surface area contributed by atoms with E-state index < -0.39 is 11.5 Å². The minimum atomic E-state index is -0.867. The van der Waals surface area contributed by atoms with E-state index in [1.807, 2.05) is 72.4 Å². The predicted octanol–water partition coefficient (Wildman–Crippen LogP) is 2.73. The molecule has 2 aliphatic rings. The Hall–Kier alpha value is -3.42. The lowest BCUT2D eigenvalue weighted by Gasteiger charge is -2.33. The smallest absolute Gasteiger partial charge is 0.258 e. The highest BCUT2D eigenvalue weighted by Gasteiger charge is 2.60. The summed E-state index contributed by atoms with van der Waals surface area (Å²) in [5.74, 6) is 0.530. The normalized spacial score (nSPS) is 22.3. The second kappa shape index (κ2) is 6.80. The van der Waals surface area contributed by atoms with Crippen LogP contribution in [0.1, 0.15) is 52.5 Å². The summed E-state index contributed by atoms with van der Waals surface area (Å²) in [4.78, 5) is 33.8. The zero-order chi connectivity index (χ0) is 21.9. The third-order valence-corrected chi connectivity index (χ3v) is 6.85. The van der Waals surface area contributed by atoms with Crippen molar-refractivity contribution in [3.8, 4) is 0 Å². The molecule has 2 atom stereocenters. The highest BCUT2D eigenvalue weighted by Crippen LogP contribution is 2.54. The van der Waals surface area contributed by atoms with Crippen LogP contribution in [0.3, 0.4) is 0 Å². The number of aryl methyl sites for hydroxylation is 3. The van der Waals surface area contributed by atoms with Crippen molar-refractivity contribution in [1.82, 2.24) is 24.2 Å². The number of hydrogen-bond acceptors (Lipinski definition) is 4. The summed E-state index contributed by atoms with van der Waals surface area (Å²) in [7, 11) is 1.90. The number of para-hydroxylation sites is 1. The lowest BCUT2D eigenvalue weighted by Crippen LogP contribution is -2.44. The minimum absolute atomic E-state index is 0.0744. The van der Waals surface area contributed by atoms with Gasteiger partial charge < -0.3 is 14.8 Å². The number of anilines is 1. The summed E-state index contributed by atoms with van der Waals surface area (Å²) in [5, 5.41) is 7.58. The molecule has 5 rings (SSSR count). The van der Waals surface area contributed by atoms with Crippen LogP contribution in [0.15, 0.2) is 36.7 Å². The van der Waals surface area contributed by atoms with E-state index in [1.54, 1.807) is 6.20 Å². The number of hydrogen-bond donors (Lipinski definition) is 1. The van der Waals surface area contributed by atoms with Gasteiger partial charge in [-0.15, -0.1) is 0 Å². The number of rotatable bonds is 3. The maximum atomic E-state index is 13.9. The molecule has 0 bridgehead atoms. The van der Waals surface area contributed by atoms with Crippen LogP contribution < -0.4 is 5.32 Å². The fourth-order valence-corrected chi connectivity index (χ4v) is 5.36. The summed E-state index contributed by atoms with van der Waals surface area (Å²) in [6, 6.07) is 7.26. The van der Waals surface area contributed by atoms with Crippen LogP contribution in [0.25, 0.3) is 0 Å². The van der Waals surface area contributed by atoms with Gasteiger partial charge in [-0.2, -0.15) is 5.10 Å². The Labute approximate surface area is 180 Å². The molecule has 1 spiro atoms. The van der Waals surface area contributed by atoms with E-state index in [1.165, 1.54) is 0 Å². The average Bonchev–Trinajstić information content (AvgIpc) is 3.48. The molecule has 0 aliphatic carbocycles. The molecule has 1 N–H and O–H groups in total. The van der Waals surface area contributed by atoms with Gasteiger partial charge in [-0.1, -0.05) is 18.2 Å². The summed E-state index contributed by atoms with van der Waals surface area (Å²) in [5.41, 5.74) is 3.05. The number of fused-ring (bicyclic) bond motifs is 2. The molecular formula is C23H26N6O2. The van der Waals surface area contributed by atoms with Gasteiger partial charge in [-0.3, -0.25) is 14.3 Å². The topological polar surface area (TPSA) is 85.1 Å². The molecule has 2 aromatic heterocycles. The summed E-state index contributed by atoms with van der Waals surface area (Å²) < 4.78 is 3.75. The lowest BCUT2D eigenvalue weighted by atomic mass is 9.74. The third-order valence-electron chi connectivity index (χ3n) is 6.85. The van der Waals surface area contributed by atoms with Crippen molar-refractivity contribution < 1.29 is 9.59 Å². The molecule has 160 valence electrons. The first-order valence-electron chi connectivity index (χ1n) is 10.6. The molecule has 0 saturated carbocycles. The standard InChI is InChI=1S/C23H26N6O2/c1-5-29-15(3)18(14(2)26-29)21(30)28-12-10-23(19(28)20-24-11-13-27(20)4)16-8-6-7-9-17(16)25-22(23)31/h6-9,11,13,19H,5,10,12H2,1-4H3,(H,25,31)/t19-,23+/m0/s1. The maximum absolute atomic E-state index is 13.9. The van der Waals surface area contributed by atoms with E-state index in [-0.39, 0.29) is 11.8 Å². The lowest BCUT2D eigenvalue weighted by molar-refractivity contribution is -0.121. The molecule has 0 unspecified atom stereocenters. The molecule has 8 nitrogen and oxygen atoms in total. The van der Waals surface area contributed by atoms with E-state index in [2.05, 4.69) is 15.4 Å². The molecule has 31 heavy (non-hydrogen) atoms. The van der Waals surface area contributed by atoms with Gasteiger partial charge in [-0.05, 0) is 38.8 Å². The molecule has 2 amide bonds. The van der Waals surface area contributed by atoms with Crippen molar-refractivity contribution in [1.29, 1.82) is 0 Å². The Balaban J connectivity index is 1.68. The van der Waals surface area contributed by atoms with E-state index in [9.17, 15) is 9.59 Å². The van der Waals surface area contributed by atoms with Gasteiger partial charge in [0, 0.05) is 43.9 Å². The van der Waals surface area contributed by atoms with Gasteiger partial charge in [0.05, 0.1) is 11.3 Å². The summed E-state index contributed by atoms with van der Waals surface area (Å²) >= 11 is 0. The van der Waals surface area contributed by atoms with Crippen molar-refractivity contribution in [2.75, 3.05) is 11.9 Å². The maximum Gasteiger partial charge on any atom is 0.258 e. The van der Waals surface area contributed by atoms with Gasteiger partial charge in [0.15, 0.2) is 0 Å². The Bertz CT molecular complexity index is 1210. The first-order valence-corrected chi connectivity index (χ1v) is 10.6. The van der Waals surface area contributed by atoms with E-state index >= 15 is 0 Å². The van der Waals surface area contributed by atoms with Gasteiger partial charge in [0.25, 0.3) is 5.91 Å². The number of likely N-dealkylation sites (tertiary alicyclic amines) is 1. The van der Waals surface area contributed by atoms with Gasteiger partial charge in [0.1, 0.15) is 17.3 Å². The molecule has 4 heterocycles. The first kappa shape index (κ1) is 19.5. The van der Waals surface area contributed by atoms with Crippen LogP contribution in [0.2, 0.25) is 0 Å². The van der Waals surface area contributed by atoms with Crippen molar-refractivity contribution in [2.45, 2.75) is 45.2 Å². The molecule has 1 fully saturated rings. The number of carbonyl (C=O) groups excluding carboxylic acids is 2. The van der Waals surface area contributed by atoms with Crippen LogP contribution in [0, 0.1) is 13.8 Å². The SMILES string of the molecule is CCn1nc(C)c(C(=O)N2CC[C@]3(C(=O)Nc4ccccc43)[C@@H]2c2nccn2C)c1C. The molecule has 1 saturated heterocycles. The molecule has 2 aliphatic heterocycles. The fraction of sp³-hybridized carbons (Fsp3) is 0.391. The van der Waals surface area contributed by atoms with Gasteiger partial charge >= 0.3 is 0 Å². The summed E-state index contributed by atoms with van der Waals surface area (Å²) in [6.45, 7) is 6.97. The molecule has 8 heteroatoms. The third kappa shape index (κ3) is 2.54. The van der Waals surface area contributed by atoms with E-state index in [0.29, 0.717) is 36.6 Å². The second-order valence-corrected chi connectivity index (χ2v) is 8.38. The zero-order valence-corrected chi connectivity index (χ0v) is 18.2. The quantitative estimate of drug-likeness (QED) is 0.709. The van der Waals surface area contributed by atoms with Gasteiger partial charge in [0.2, 0.25) is 5.91 Å². The van der Waals surface area contributed by atoms with Crippen LogP contribution in [-0.4, -0.2) is 42.6 Å². The molecule has 0 radical (unpaired) electrons. The van der Waals surface area contributed by atoms with Crippen molar-refractivity contribution in [3.05, 3.63) is 65.0 Å². The van der Waals surface area contributed by atoms with Crippen LogP contribution >= 0.6 is 0 Å². The van der Waals surface area contributed by atoms with Crippen LogP contribution in [-0.2, 0) is 23.8 Å². The number of carbonyl (C=O) groups is 2. The fourth-order valence-electron chi connectivity index (χ4n) is 5.36. The highest BCUT2D eigenvalue weighted by molar-refractivity contribution is 6.08. The average molecular weight is 419 g/mol. The number of imidazole rings is 1. The van der Waals surface area contributed by atoms with E-state index in [0.717, 1.165) is 16.9 Å². The van der Waals surface area contributed by atoms with Crippen molar-refractivity contribution in [3.63, 3.8) is 0 Å². The Morgan fingerprint density at radius 2 is 2.06 bits per heavy atom. The Morgan fingerprint density at radius 1 is 1.29 bits per heavy atom. The molecule has 3 aromatic rings. The number of benzene rings is 1. The number of nitrogens with zero attached hydrogens (tertiary/aromatic N) is 5. The minimum Gasteiger partial charge on any atom is -0.336 e. The number of amides is 2. The van der Waals surface area contributed by atoms with Gasteiger partial charge in [-0.25, -0.2) is 4.98 Å². The monoisotopic (exact) mass is 418 g/mol.